The lowest BCUT2D eigenvalue weighted by molar-refractivity contribution is -0.139. The van der Waals surface area contributed by atoms with E-state index in [0.29, 0.717) is 60.3 Å². The summed E-state index contributed by atoms with van der Waals surface area (Å²) in [5, 5.41) is 9.57. The largest absolute Gasteiger partial charge is 0.493 e. The zero-order chi connectivity index (χ0) is 30.8. The number of aromatic nitrogens is 1. The molecule has 0 amide bonds. The Kier molecular flexibility index (Phi) is 8.69. The molecule has 0 bridgehead atoms. The Bertz CT molecular complexity index is 1950. The number of furan rings is 1. The van der Waals surface area contributed by atoms with E-state index in [9.17, 15) is 19.5 Å². The number of ether oxygens (including phenoxy) is 3. The number of hydrogen-bond donors (Lipinski definition) is 1. The second-order valence-electron chi connectivity index (χ2n) is 9.31. The van der Waals surface area contributed by atoms with Crippen LogP contribution in [0.4, 0.5) is 0 Å². The monoisotopic (exact) mass is 666 g/mol. The first-order chi connectivity index (χ1) is 20.7. The summed E-state index contributed by atoms with van der Waals surface area (Å²) in [5.74, 6) is -0.0282. The smallest absolute Gasteiger partial charge is 0.338 e. The fourth-order valence-electron chi connectivity index (χ4n) is 4.86. The molecule has 1 aliphatic rings. The highest BCUT2D eigenvalue weighted by Crippen LogP contribution is 2.41. The third kappa shape index (κ3) is 5.67. The van der Waals surface area contributed by atoms with Crippen molar-refractivity contribution < 1.29 is 33.3 Å². The summed E-state index contributed by atoms with van der Waals surface area (Å²) in [6, 6.07) is 12.4. The maximum Gasteiger partial charge on any atom is 0.338 e. The number of rotatable bonds is 9. The fraction of sp³-hybridized carbons (Fsp3) is 0.226. The molecule has 1 atom stereocenters. The minimum absolute atomic E-state index is 0.0982. The SMILES string of the molecule is CCOC(=O)C1=C(C)N=c2s/c(=C/c3ccc(-c4ccccc4C(=O)O)o3)c(=O)n2[C@@H]1c1cc(OC)c(OCC)cc1Br. The van der Waals surface area contributed by atoms with E-state index in [2.05, 4.69) is 20.9 Å². The van der Waals surface area contributed by atoms with Crippen molar-refractivity contribution in [1.82, 2.24) is 4.57 Å². The number of benzene rings is 2. The van der Waals surface area contributed by atoms with Crippen LogP contribution in [0.5, 0.6) is 11.5 Å². The van der Waals surface area contributed by atoms with Gasteiger partial charge in [-0.1, -0.05) is 45.5 Å². The number of nitrogens with zero attached hydrogens (tertiary/aromatic N) is 2. The molecule has 2 aromatic carbocycles. The summed E-state index contributed by atoms with van der Waals surface area (Å²) in [5.41, 5.74) is 1.34. The number of halogens is 1. The van der Waals surface area contributed by atoms with Crippen LogP contribution in [0.25, 0.3) is 17.4 Å². The van der Waals surface area contributed by atoms with Crippen LogP contribution in [0.2, 0.25) is 0 Å². The van der Waals surface area contributed by atoms with Crippen molar-refractivity contribution in [2.45, 2.75) is 26.8 Å². The van der Waals surface area contributed by atoms with Gasteiger partial charge in [-0.2, -0.15) is 0 Å². The third-order valence-corrected chi connectivity index (χ3v) is 8.39. The van der Waals surface area contributed by atoms with E-state index in [1.807, 2.05) is 6.92 Å². The molecule has 1 N–H and O–H groups in total. The first-order valence-corrected chi connectivity index (χ1v) is 14.9. The Morgan fingerprint density at radius 3 is 2.60 bits per heavy atom. The molecule has 10 nitrogen and oxygen atoms in total. The van der Waals surface area contributed by atoms with Crippen LogP contribution in [0.3, 0.4) is 0 Å². The molecule has 0 unspecified atom stereocenters. The summed E-state index contributed by atoms with van der Waals surface area (Å²) >= 11 is 4.75. The molecule has 222 valence electrons. The molecule has 5 rings (SSSR count). The van der Waals surface area contributed by atoms with Crippen molar-refractivity contribution in [2.75, 3.05) is 20.3 Å². The van der Waals surface area contributed by atoms with Gasteiger partial charge in [-0.3, -0.25) is 9.36 Å². The van der Waals surface area contributed by atoms with Crippen molar-refractivity contribution in [3.63, 3.8) is 0 Å². The maximum atomic E-state index is 14.0. The predicted molar refractivity (Wildman–Crippen MR) is 163 cm³/mol. The van der Waals surface area contributed by atoms with Gasteiger partial charge in [-0.05, 0) is 56.7 Å². The molecule has 0 radical (unpaired) electrons. The number of hydrogen-bond acceptors (Lipinski definition) is 9. The molecule has 2 aromatic heterocycles. The van der Waals surface area contributed by atoms with Crippen molar-refractivity contribution in [3.05, 3.63) is 101 Å². The van der Waals surface area contributed by atoms with Gasteiger partial charge in [0.1, 0.15) is 11.5 Å². The molecule has 12 heteroatoms. The predicted octanol–water partition coefficient (Wildman–Crippen LogP) is 4.93. The minimum atomic E-state index is -1.08. The van der Waals surface area contributed by atoms with Crippen LogP contribution in [0.1, 0.15) is 48.5 Å². The Hall–Kier alpha value is -4.42. The molecule has 43 heavy (non-hydrogen) atoms. The van der Waals surface area contributed by atoms with Gasteiger partial charge in [0.05, 0.1) is 47.7 Å². The first kappa shape index (κ1) is 30.1. The molecule has 0 spiro atoms. The summed E-state index contributed by atoms with van der Waals surface area (Å²) in [6.45, 7) is 5.83. The van der Waals surface area contributed by atoms with E-state index in [0.717, 1.165) is 11.3 Å². The number of thiazole rings is 1. The topological polar surface area (TPSA) is 130 Å². The Balaban J connectivity index is 1.68. The second-order valence-corrected chi connectivity index (χ2v) is 11.2. The van der Waals surface area contributed by atoms with Gasteiger partial charge in [0.25, 0.3) is 5.56 Å². The number of carbonyl (C=O) groups excluding carboxylic acids is 1. The van der Waals surface area contributed by atoms with Gasteiger partial charge in [0, 0.05) is 16.1 Å². The van der Waals surface area contributed by atoms with Gasteiger partial charge in [-0.25, -0.2) is 14.6 Å². The van der Waals surface area contributed by atoms with Crippen molar-refractivity contribution in [2.24, 2.45) is 4.99 Å². The van der Waals surface area contributed by atoms with E-state index < -0.39 is 23.5 Å². The molecule has 0 fully saturated rings. The Morgan fingerprint density at radius 2 is 1.91 bits per heavy atom. The summed E-state index contributed by atoms with van der Waals surface area (Å²) in [7, 11) is 1.51. The van der Waals surface area contributed by atoms with Crippen LogP contribution in [0.15, 0.2) is 78.5 Å². The molecular formula is C31H27BrN2O8S. The Morgan fingerprint density at radius 1 is 1.14 bits per heavy atom. The second kappa shape index (κ2) is 12.4. The first-order valence-electron chi connectivity index (χ1n) is 13.3. The van der Waals surface area contributed by atoms with Crippen LogP contribution in [-0.2, 0) is 9.53 Å². The number of allylic oxidation sites excluding steroid dienone is 1. The summed E-state index contributed by atoms with van der Waals surface area (Å²) in [4.78, 5) is 44.0. The van der Waals surface area contributed by atoms with Crippen LogP contribution >= 0.6 is 27.3 Å². The minimum Gasteiger partial charge on any atom is -0.493 e. The lowest BCUT2D eigenvalue weighted by Gasteiger charge is -2.26. The van der Waals surface area contributed by atoms with Crippen molar-refractivity contribution in [1.29, 1.82) is 0 Å². The zero-order valence-corrected chi connectivity index (χ0v) is 26.1. The molecule has 0 saturated carbocycles. The van der Waals surface area contributed by atoms with Gasteiger partial charge in [0.15, 0.2) is 16.3 Å². The molecule has 1 aliphatic heterocycles. The van der Waals surface area contributed by atoms with E-state index >= 15 is 0 Å². The average Bonchev–Trinajstić information content (AvgIpc) is 3.57. The Labute approximate surface area is 258 Å². The van der Waals surface area contributed by atoms with Gasteiger partial charge in [0.2, 0.25) is 0 Å². The van der Waals surface area contributed by atoms with E-state index in [1.54, 1.807) is 62.4 Å². The lowest BCUT2D eigenvalue weighted by atomic mass is 9.95. The number of esters is 1. The normalized spacial score (nSPS) is 14.7. The molecule has 3 heterocycles. The standard InChI is InChI=1S/C31H27BrN2O8S/c1-5-40-24-15-21(32)20(14-23(24)39-4)27-26(30(38)41-6-2)16(3)33-31-34(27)28(35)25(43-31)13-17-11-12-22(42-17)18-9-7-8-10-19(18)29(36)37/h7-15,27H,5-6H2,1-4H3,(H,36,37)/b25-13+/t27-/m1/s1. The number of fused-ring (bicyclic) bond motifs is 1. The number of carboxylic acids is 1. The lowest BCUT2D eigenvalue weighted by Crippen LogP contribution is -2.40. The third-order valence-electron chi connectivity index (χ3n) is 6.72. The summed E-state index contributed by atoms with van der Waals surface area (Å²) in [6.07, 6.45) is 1.57. The van der Waals surface area contributed by atoms with E-state index in [1.165, 1.54) is 17.7 Å². The van der Waals surface area contributed by atoms with Crippen LogP contribution in [0, 0.1) is 0 Å². The van der Waals surface area contributed by atoms with E-state index in [4.69, 9.17) is 18.6 Å². The average molecular weight is 668 g/mol. The van der Waals surface area contributed by atoms with Crippen LogP contribution < -0.4 is 24.4 Å². The van der Waals surface area contributed by atoms with Crippen molar-refractivity contribution in [3.8, 4) is 22.8 Å². The van der Waals surface area contributed by atoms with Gasteiger partial charge < -0.3 is 23.7 Å². The molecule has 0 aliphatic carbocycles. The van der Waals surface area contributed by atoms with Crippen LogP contribution in [-0.4, -0.2) is 41.9 Å². The molecule has 4 aromatic rings. The number of carboxylic acid groups (broad SMARTS) is 1. The van der Waals surface area contributed by atoms with E-state index in [-0.39, 0.29) is 17.7 Å². The van der Waals surface area contributed by atoms with Gasteiger partial charge in [-0.15, -0.1) is 0 Å². The molecular weight excluding hydrogens is 640 g/mol. The number of carbonyl (C=O) groups is 2. The number of methoxy groups -OCH3 is 1. The highest BCUT2D eigenvalue weighted by atomic mass is 79.9. The zero-order valence-electron chi connectivity index (χ0n) is 23.7. The highest BCUT2D eigenvalue weighted by Gasteiger charge is 2.35. The highest BCUT2D eigenvalue weighted by molar-refractivity contribution is 9.10. The molecule has 0 saturated heterocycles. The quantitative estimate of drug-likeness (QED) is 0.249. The van der Waals surface area contributed by atoms with Gasteiger partial charge >= 0.3 is 11.9 Å². The van der Waals surface area contributed by atoms with Crippen molar-refractivity contribution >= 4 is 45.3 Å². The maximum absolute atomic E-state index is 14.0. The fourth-order valence-corrected chi connectivity index (χ4v) is 6.43. The number of aromatic carboxylic acids is 1. The summed E-state index contributed by atoms with van der Waals surface area (Å²) < 4.78 is 25.0.